The number of rotatable bonds is 6. The molecular weight excluding hydrogens is 647 g/mol. The van der Waals surface area contributed by atoms with Crippen molar-refractivity contribution < 1.29 is 45.4 Å². The number of carbonyl (C=O) groups is 2. The summed E-state index contributed by atoms with van der Waals surface area (Å²) in [7, 11) is 1.46. The Balaban J connectivity index is 0.000000224. The van der Waals surface area contributed by atoms with E-state index in [0.717, 1.165) is 17.0 Å². The number of carboxylic acids is 1. The molecule has 1 aliphatic heterocycles. The summed E-state index contributed by atoms with van der Waals surface area (Å²) in [6, 6.07) is 17.5. The highest BCUT2D eigenvalue weighted by molar-refractivity contribution is 6.01. The third-order valence-corrected chi connectivity index (χ3v) is 7.96. The van der Waals surface area contributed by atoms with E-state index in [-0.39, 0.29) is 35.0 Å². The average molecular weight is 674 g/mol. The summed E-state index contributed by atoms with van der Waals surface area (Å²) in [5, 5.41) is 10.1. The van der Waals surface area contributed by atoms with Gasteiger partial charge in [-0.25, -0.2) is 17.6 Å². The van der Waals surface area contributed by atoms with Gasteiger partial charge in [0.1, 0.15) is 17.2 Å². The lowest BCUT2D eigenvalue weighted by Crippen LogP contribution is -2.56. The van der Waals surface area contributed by atoms with E-state index in [2.05, 4.69) is 0 Å². The highest BCUT2D eigenvalue weighted by atomic mass is 19.4. The number of aliphatic carboxylic acids is 1. The van der Waals surface area contributed by atoms with Crippen LogP contribution in [0.2, 0.25) is 0 Å². The van der Waals surface area contributed by atoms with Crippen LogP contribution < -0.4 is 16.2 Å². The van der Waals surface area contributed by atoms with E-state index in [1.54, 1.807) is 36.4 Å². The van der Waals surface area contributed by atoms with E-state index in [0.29, 0.717) is 16.3 Å². The van der Waals surface area contributed by atoms with Crippen molar-refractivity contribution in [2.24, 2.45) is 12.8 Å². The van der Waals surface area contributed by atoms with Gasteiger partial charge in [0.05, 0.1) is 29.7 Å². The molecule has 1 saturated heterocycles. The van der Waals surface area contributed by atoms with Gasteiger partial charge in [-0.2, -0.15) is 13.2 Å². The summed E-state index contributed by atoms with van der Waals surface area (Å²) in [6.07, 6.45) is -4.61. The highest BCUT2D eigenvalue weighted by Gasteiger charge is 2.44. The quantitative estimate of drug-likeness (QED) is 0.191. The van der Waals surface area contributed by atoms with Crippen LogP contribution >= 0.6 is 0 Å². The van der Waals surface area contributed by atoms with E-state index in [1.807, 2.05) is 0 Å². The summed E-state index contributed by atoms with van der Waals surface area (Å²) >= 11 is 0. The molecule has 0 radical (unpaired) electrons. The Hall–Kier alpha value is -5.40. The average Bonchev–Trinajstić information content (AvgIpc) is 2.99. The third-order valence-electron chi connectivity index (χ3n) is 7.96. The van der Waals surface area contributed by atoms with Gasteiger partial charge in [-0.05, 0) is 46.5 Å². The molecule has 4 aromatic carbocycles. The first-order valence-corrected chi connectivity index (χ1v) is 14.3. The number of nitrogens with zero attached hydrogens (tertiary/aromatic N) is 2. The van der Waals surface area contributed by atoms with Crippen LogP contribution in [0.15, 0.2) is 77.6 Å². The van der Waals surface area contributed by atoms with Gasteiger partial charge in [0.25, 0.3) is 17.4 Å². The maximum absolute atomic E-state index is 14.3. The van der Waals surface area contributed by atoms with E-state index < -0.39 is 70.9 Å². The number of halogens is 7. The van der Waals surface area contributed by atoms with Crippen molar-refractivity contribution in [2.45, 2.75) is 24.9 Å². The topological polar surface area (TPSA) is 106 Å². The molecule has 1 aliphatic rings. The number of primary amides is 1. The summed E-state index contributed by atoms with van der Waals surface area (Å²) in [6.45, 7) is -1.19. The number of hydrogen-bond acceptors (Lipinski definition) is 4. The Morgan fingerprint density at radius 1 is 0.896 bits per heavy atom. The molecule has 0 spiro atoms. The number of carbonyl (C=O) groups excluding carboxylic acids is 1. The minimum absolute atomic E-state index is 0.0316. The maximum Gasteiger partial charge on any atom is 0.417 e. The fourth-order valence-corrected chi connectivity index (χ4v) is 5.77. The van der Waals surface area contributed by atoms with E-state index in [1.165, 1.54) is 35.9 Å². The zero-order valence-corrected chi connectivity index (χ0v) is 25.0. The number of nitrogens with two attached hydrogens (primary N) is 1. The summed E-state index contributed by atoms with van der Waals surface area (Å²) in [5.74, 6) is -7.34. The number of anilines is 1. The predicted molar refractivity (Wildman–Crippen MR) is 165 cm³/mol. The Morgan fingerprint density at radius 3 is 2.06 bits per heavy atom. The molecule has 0 aliphatic carbocycles. The molecule has 250 valence electrons. The molecule has 3 N–H and O–H groups in total. The normalized spacial score (nSPS) is 14.0. The summed E-state index contributed by atoms with van der Waals surface area (Å²) in [4.78, 5) is 36.0. The largest absolute Gasteiger partial charge is 0.481 e. The minimum atomic E-state index is -4.74. The van der Waals surface area contributed by atoms with Crippen LogP contribution in [0.25, 0.3) is 32.8 Å². The van der Waals surface area contributed by atoms with Gasteiger partial charge < -0.3 is 20.3 Å². The van der Waals surface area contributed by atoms with Crippen LogP contribution in [-0.4, -0.2) is 40.6 Å². The van der Waals surface area contributed by atoms with Gasteiger partial charge in [0.15, 0.2) is 0 Å². The zero-order valence-electron chi connectivity index (χ0n) is 25.0. The van der Waals surface area contributed by atoms with Crippen molar-refractivity contribution in [3.05, 3.63) is 111 Å². The van der Waals surface area contributed by atoms with Gasteiger partial charge in [-0.3, -0.25) is 14.4 Å². The van der Waals surface area contributed by atoms with Crippen LogP contribution in [0, 0.1) is 11.6 Å². The first kappa shape index (κ1) is 33.9. The monoisotopic (exact) mass is 673 g/mol. The lowest BCUT2D eigenvalue weighted by molar-refractivity contribution is -0.137. The van der Waals surface area contributed by atoms with E-state index in [9.17, 15) is 45.1 Å². The van der Waals surface area contributed by atoms with Crippen molar-refractivity contribution in [1.29, 1.82) is 0 Å². The van der Waals surface area contributed by atoms with Gasteiger partial charge in [0.2, 0.25) is 0 Å². The molecule has 6 rings (SSSR count). The first-order chi connectivity index (χ1) is 22.5. The Labute approximate surface area is 267 Å². The molecule has 0 atom stereocenters. The number of aryl methyl sites for hydroxylation is 2. The number of fused-ring (bicyclic) bond motifs is 2. The number of amides is 1. The number of para-hydroxylation sites is 1. The second-order valence-electron chi connectivity index (χ2n) is 11.2. The number of pyridine rings is 1. The molecule has 48 heavy (non-hydrogen) atoms. The smallest absolute Gasteiger partial charge is 0.417 e. The molecule has 5 aromatic rings. The van der Waals surface area contributed by atoms with E-state index in [4.69, 9.17) is 10.8 Å². The van der Waals surface area contributed by atoms with Gasteiger partial charge >= 0.3 is 12.1 Å². The van der Waals surface area contributed by atoms with Crippen LogP contribution in [0.5, 0.6) is 0 Å². The van der Waals surface area contributed by atoms with Gasteiger partial charge in [-0.15, -0.1) is 0 Å². The fourth-order valence-electron chi connectivity index (χ4n) is 5.77. The van der Waals surface area contributed by atoms with Crippen molar-refractivity contribution in [1.82, 2.24) is 4.57 Å². The Morgan fingerprint density at radius 2 is 1.48 bits per heavy atom. The second kappa shape index (κ2) is 12.7. The zero-order chi connectivity index (χ0) is 35.1. The molecule has 7 nitrogen and oxygen atoms in total. The maximum atomic E-state index is 14.3. The number of aromatic nitrogens is 1. The molecule has 2 heterocycles. The van der Waals surface area contributed by atoms with Crippen LogP contribution in [0.4, 0.5) is 36.4 Å². The van der Waals surface area contributed by atoms with Crippen LogP contribution in [0.1, 0.15) is 27.9 Å². The lowest BCUT2D eigenvalue weighted by atomic mass is 9.91. The van der Waals surface area contributed by atoms with Crippen molar-refractivity contribution in [3.63, 3.8) is 0 Å². The highest BCUT2D eigenvalue weighted by Crippen LogP contribution is 2.42. The molecule has 0 unspecified atom stereocenters. The van der Waals surface area contributed by atoms with Crippen molar-refractivity contribution >= 4 is 39.2 Å². The molecule has 1 aromatic heterocycles. The van der Waals surface area contributed by atoms with Crippen LogP contribution in [0.3, 0.4) is 0 Å². The molecule has 0 bridgehead atoms. The number of benzene rings is 4. The first-order valence-electron chi connectivity index (χ1n) is 14.3. The Bertz CT molecular complexity index is 2110. The number of alkyl halides is 5. The number of carboxylic acid groups (broad SMARTS) is 1. The van der Waals surface area contributed by atoms with Gasteiger partial charge in [-0.1, -0.05) is 54.6 Å². The van der Waals surface area contributed by atoms with Crippen molar-refractivity contribution in [2.75, 3.05) is 18.0 Å². The Kier molecular flexibility index (Phi) is 8.95. The molecular formula is C34H26F7N3O4. The third kappa shape index (κ3) is 6.55. The second-order valence-corrected chi connectivity index (χ2v) is 11.2. The van der Waals surface area contributed by atoms with Crippen LogP contribution in [-0.2, 0) is 24.4 Å². The molecule has 1 fully saturated rings. The fraction of sp³-hybridized carbons (Fsp3) is 0.206. The minimum Gasteiger partial charge on any atom is -0.481 e. The van der Waals surface area contributed by atoms with E-state index >= 15 is 0 Å². The molecule has 1 amide bonds. The summed E-state index contributed by atoms with van der Waals surface area (Å²) < 4.78 is 95.8. The standard InChI is InChI=1S/C24H18F3NO3.C10H8F4N2O/c1-28-19-11-3-2-7-18(19)22(24(25,26)27)21(23(28)31)17-10-5-8-15-14(12-13-20(29)30)6-4-9-16(15)17;11-6-1-5(16-3-10(13,14)4-16)2-7(12)8(6)9(15)17/h2-11H,12-13H2,1H3,(H,29,30);1-2H,3-4H2,(H2,15,17). The molecule has 14 heteroatoms. The lowest BCUT2D eigenvalue weighted by Gasteiger charge is -2.40. The molecule has 0 saturated carbocycles. The van der Waals surface area contributed by atoms with Gasteiger partial charge in [0, 0.05) is 24.5 Å². The number of hydrogen-bond donors (Lipinski definition) is 2. The predicted octanol–water partition coefficient (Wildman–Crippen LogP) is 6.91. The SMILES string of the molecule is Cn1c(=O)c(-c2cccc3c(CCC(=O)O)cccc23)c(C(F)(F)F)c2ccccc21.NC(=O)c1c(F)cc(N2CC(F)(F)C2)cc1F. The van der Waals surface area contributed by atoms with Crippen molar-refractivity contribution in [3.8, 4) is 11.1 Å². The summed E-state index contributed by atoms with van der Waals surface area (Å²) in [5.41, 5.74) is 2.85.